The van der Waals surface area contributed by atoms with Crippen molar-refractivity contribution < 1.29 is 8.42 Å². The van der Waals surface area contributed by atoms with Crippen LogP contribution in [-0.2, 0) is 10.2 Å². The predicted octanol–water partition coefficient (Wildman–Crippen LogP) is 2.50. The Hall–Kier alpha value is -1.27. The Bertz CT molecular complexity index is 566. The van der Waals surface area contributed by atoms with Crippen LogP contribution in [0.2, 0.25) is 0 Å². The van der Waals surface area contributed by atoms with E-state index in [0.717, 1.165) is 31.2 Å². The molecule has 0 heterocycles. The molecule has 6 heteroatoms. The molecule has 0 spiro atoms. The number of nitrogens with zero attached hydrogens (tertiary/aromatic N) is 1. The zero-order valence-corrected chi connectivity index (χ0v) is 12.9. The third-order valence-electron chi connectivity index (χ3n) is 3.97. The number of hydrogen-bond donors (Lipinski definition) is 2. The average molecular weight is 297 g/mol. The first-order valence-electron chi connectivity index (χ1n) is 7.02. The quantitative estimate of drug-likeness (QED) is 0.838. The van der Waals surface area contributed by atoms with Gasteiger partial charge >= 0.3 is 10.2 Å². The van der Waals surface area contributed by atoms with Crippen molar-refractivity contribution >= 4 is 21.6 Å². The summed E-state index contributed by atoms with van der Waals surface area (Å²) in [6, 6.07) is 5.33. The Balaban J connectivity index is 2.15. The van der Waals surface area contributed by atoms with Crippen molar-refractivity contribution in [3.8, 4) is 0 Å². The Morgan fingerprint density at radius 2 is 1.90 bits per heavy atom. The summed E-state index contributed by atoms with van der Waals surface area (Å²) in [5.74, 6) is 0. The maximum atomic E-state index is 12.4. The summed E-state index contributed by atoms with van der Waals surface area (Å²) in [6.45, 7) is 1.86. The van der Waals surface area contributed by atoms with E-state index in [1.807, 2.05) is 13.0 Å². The SMILES string of the molecule is Cc1ccc(N)cc1NS(=O)(=O)N(C)C1CCCCC1. The van der Waals surface area contributed by atoms with Crippen LogP contribution in [0.25, 0.3) is 0 Å². The van der Waals surface area contributed by atoms with Gasteiger partial charge in [-0.1, -0.05) is 25.3 Å². The fourth-order valence-electron chi connectivity index (χ4n) is 2.60. The number of aryl methyl sites for hydroxylation is 1. The molecule has 2 rings (SSSR count). The summed E-state index contributed by atoms with van der Waals surface area (Å²) in [5, 5.41) is 0. The minimum atomic E-state index is -3.52. The van der Waals surface area contributed by atoms with Crippen LogP contribution in [0, 0.1) is 6.92 Å². The maximum absolute atomic E-state index is 12.4. The molecule has 112 valence electrons. The van der Waals surface area contributed by atoms with Crippen molar-refractivity contribution in [1.29, 1.82) is 0 Å². The zero-order valence-electron chi connectivity index (χ0n) is 12.1. The van der Waals surface area contributed by atoms with Crippen molar-refractivity contribution in [2.24, 2.45) is 0 Å². The van der Waals surface area contributed by atoms with E-state index < -0.39 is 10.2 Å². The summed E-state index contributed by atoms with van der Waals surface area (Å²) < 4.78 is 29.0. The molecule has 5 nitrogen and oxygen atoms in total. The van der Waals surface area contributed by atoms with Gasteiger partial charge in [0.25, 0.3) is 0 Å². The van der Waals surface area contributed by atoms with E-state index in [2.05, 4.69) is 4.72 Å². The number of rotatable bonds is 4. The van der Waals surface area contributed by atoms with E-state index in [9.17, 15) is 8.42 Å². The highest BCUT2D eigenvalue weighted by molar-refractivity contribution is 7.90. The van der Waals surface area contributed by atoms with E-state index in [1.165, 1.54) is 10.7 Å². The van der Waals surface area contributed by atoms with Crippen molar-refractivity contribution in [2.45, 2.75) is 45.1 Å². The van der Waals surface area contributed by atoms with Crippen LogP contribution in [0.1, 0.15) is 37.7 Å². The Morgan fingerprint density at radius 1 is 1.25 bits per heavy atom. The van der Waals surface area contributed by atoms with E-state index >= 15 is 0 Å². The predicted molar refractivity (Wildman–Crippen MR) is 82.8 cm³/mol. The van der Waals surface area contributed by atoms with Crippen LogP contribution in [0.15, 0.2) is 18.2 Å². The molecule has 20 heavy (non-hydrogen) atoms. The van der Waals surface area contributed by atoms with Gasteiger partial charge in [-0.2, -0.15) is 12.7 Å². The van der Waals surface area contributed by atoms with Gasteiger partial charge in [-0.25, -0.2) is 0 Å². The lowest BCUT2D eigenvalue weighted by Gasteiger charge is -2.30. The standard InChI is InChI=1S/C14H23N3O2S/c1-11-8-9-12(15)10-14(11)16-20(18,19)17(2)13-6-4-3-5-7-13/h8-10,13,16H,3-7,15H2,1-2H3. The lowest BCUT2D eigenvalue weighted by Crippen LogP contribution is -2.41. The van der Waals surface area contributed by atoms with Gasteiger partial charge in [0.05, 0.1) is 5.69 Å². The van der Waals surface area contributed by atoms with Gasteiger partial charge in [0.15, 0.2) is 0 Å². The smallest absolute Gasteiger partial charge is 0.301 e. The van der Waals surface area contributed by atoms with Gasteiger partial charge in [-0.05, 0) is 37.5 Å². The molecule has 0 unspecified atom stereocenters. The lowest BCUT2D eigenvalue weighted by molar-refractivity contribution is 0.287. The first kappa shape index (κ1) is 15.1. The second-order valence-electron chi connectivity index (χ2n) is 5.49. The normalized spacial score (nSPS) is 17.4. The molecule has 0 amide bonds. The number of anilines is 2. The minimum absolute atomic E-state index is 0.0996. The molecule has 0 saturated heterocycles. The fourth-order valence-corrected chi connectivity index (χ4v) is 3.85. The molecule has 0 radical (unpaired) electrons. The van der Waals surface area contributed by atoms with Crippen molar-refractivity contribution in [2.75, 3.05) is 17.5 Å². The van der Waals surface area contributed by atoms with Crippen LogP contribution < -0.4 is 10.5 Å². The van der Waals surface area contributed by atoms with E-state index in [-0.39, 0.29) is 6.04 Å². The van der Waals surface area contributed by atoms with Gasteiger partial charge in [-0.15, -0.1) is 0 Å². The summed E-state index contributed by atoms with van der Waals surface area (Å²) in [6.07, 6.45) is 5.27. The number of benzene rings is 1. The van der Waals surface area contributed by atoms with E-state index in [4.69, 9.17) is 5.73 Å². The van der Waals surface area contributed by atoms with Crippen LogP contribution >= 0.6 is 0 Å². The number of nitrogens with two attached hydrogens (primary N) is 1. The van der Waals surface area contributed by atoms with E-state index in [0.29, 0.717) is 11.4 Å². The Labute approximate surface area is 121 Å². The molecule has 0 aliphatic heterocycles. The molecule has 3 N–H and O–H groups in total. The van der Waals surface area contributed by atoms with Crippen molar-refractivity contribution in [1.82, 2.24) is 4.31 Å². The molecule has 1 aromatic rings. The molecule has 1 saturated carbocycles. The lowest BCUT2D eigenvalue weighted by atomic mass is 9.96. The molecular formula is C14H23N3O2S. The monoisotopic (exact) mass is 297 g/mol. The summed E-state index contributed by atoms with van der Waals surface area (Å²) in [5.41, 5.74) is 7.68. The van der Waals surface area contributed by atoms with Crippen LogP contribution in [0.5, 0.6) is 0 Å². The fraction of sp³-hybridized carbons (Fsp3) is 0.571. The average Bonchev–Trinajstić information content (AvgIpc) is 2.43. The van der Waals surface area contributed by atoms with Crippen LogP contribution in [-0.4, -0.2) is 25.8 Å². The Kier molecular flexibility index (Phi) is 4.55. The molecule has 1 aliphatic carbocycles. The number of hydrogen-bond acceptors (Lipinski definition) is 3. The molecule has 0 atom stereocenters. The van der Waals surface area contributed by atoms with Gasteiger partial charge in [0, 0.05) is 18.8 Å². The zero-order chi connectivity index (χ0) is 14.8. The maximum Gasteiger partial charge on any atom is 0.301 e. The third kappa shape index (κ3) is 3.43. The summed E-state index contributed by atoms with van der Waals surface area (Å²) in [7, 11) is -1.87. The van der Waals surface area contributed by atoms with Gasteiger partial charge in [-0.3, -0.25) is 4.72 Å². The van der Waals surface area contributed by atoms with Gasteiger partial charge in [0.1, 0.15) is 0 Å². The summed E-state index contributed by atoms with van der Waals surface area (Å²) in [4.78, 5) is 0. The first-order chi connectivity index (χ1) is 9.40. The Morgan fingerprint density at radius 3 is 2.55 bits per heavy atom. The van der Waals surface area contributed by atoms with Crippen LogP contribution in [0.4, 0.5) is 11.4 Å². The molecule has 1 aromatic carbocycles. The van der Waals surface area contributed by atoms with Crippen molar-refractivity contribution in [3.63, 3.8) is 0 Å². The number of nitrogens with one attached hydrogen (secondary N) is 1. The number of nitrogen functional groups attached to an aromatic ring is 1. The molecular weight excluding hydrogens is 274 g/mol. The van der Waals surface area contributed by atoms with Gasteiger partial charge < -0.3 is 5.73 Å². The van der Waals surface area contributed by atoms with Crippen LogP contribution in [0.3, 0.4) is 0 Å². The highest BCUT2D eigenvalue weighted by Crippen LogP contribution is 2.25. The highest BCUT2D eigenvalue weighted by atomic mass is 32.2. The largest absolute Gasteiger partial charge is 0.399 e. The third-order valence-corrected chi connectivity index (χ3v) is 5.50. The topological polar surface area (TPSA) is 75.4 Å². The molecule has 0 aromatic heterocycles. The molecule has 1 fully saturated rings. The highest BCUT2D eigenvalue weighted by Gasteiger charge is 2.27. The first-order valence-corrected chi connectivity index (χ1v) is 8.46. The molecule has 0 bridgehead atoms. The second-order valence-corrected chi connectivity index (χ2v) is 7.22. The van der Waals surface area contributed by atoms with Crippen molar-refractivity contribution in [3.05, 3.63) is 23.8 Å². The minimum Gasteiger partial charge on any atom is -0.399 e. The van der Waals surface area contributed by atoms with Gasteiger partial charge in [0.2, 0.25) is 0 Å². The summed E-state index contributed by atoms with van der Waals surface area (Å²) >= 11 is 0. The van der Waals surface area contributed by atoms with E-state index in [1.54, 1.807) is 19.2 Å². The second kappa shape index (κ2) is 6.01. The molecule has 1 aliphatic rings.